The van der Waals surface area contributed by atoms with Gasteiger partial charge in [0, 0.05) is 12.6 Å². The highest BCUT2D eigenvalue weighted by Crippen LogP contribution is 2.25. The Labute approximate surface area is 101 Å². The molecule has 96 valence electrons. The van der Waals surface area contributed by atoms with Gasteiger partial charge in [0.25, 0.3) is 0 Å². The largest absolute Gasteiger partial charge is 0.376 e. The molecule has 3 atom stereocenters. The summed E-state index contributed by atoms with van der Waals surface area (Å²) in [6, 6.07) is 0.587. The lowest BCUT2D eigenvalue weighted by Gasteiger charge is -2.27. The van der Waals surface area contributed by atoms with Crippen molar-refractivity contribution in [3.05, 3.63) is 0 Å². The van der Waals surface area contributed by atoms with E-state index >= 15 is 0 Å². The monoisotopic (exact) mass is 227 g/mol. The quantitative estimate of drug-likeness (QED) is 0.642. The first-order valence-corrected chi connectivity index (χ1v) is 7.14. The normalized spacial score (nSPS) is 27.2. The van der Waals surface area contributed by atoms with Gasteiger partial charge in [0.15, 0.2) is 0 Å². The van der Waals surface area contributed by atoms with E-state index < -0.39 is 0 Å². The van der Waals surface area contributed by atoms with Gasteiger partial charge >= 0.3 is 0 Å². The predicted molar refractivity (Wildman–Crippen MR) is 69.7 cm³/mol. The molecule has 0 bridgehead atoms. The van der Waals surface area contributed by atoms with Crippen LogP contribution in [0, 0.1) is 5.92 Å². The molecule has 1 rings (SSSR count). The fourth-order valence-corrected chi connectivity index (χ4v) is 2.56. The number of rotatable bonds is 8. The second-order valence-corrected chi connectivity index (χ2v) is 5.16. The number of hydrogen-bond acceptors (Lipinski definition) is 2. The first kappa shape index (κ1) is 14.0. The summed E-state index contributed by atoms with van der Waals surface area (Å²) < 4.78 is 5.89. The van der Waals surface area contributed by atoms with Gasteiger partial charge in [-0.1, -0.05) is 40.0 Å². The average Bonchev–Trinajstić information content (AvgIpc) is 2.70. The van der Waals surface area contributed by atoms with Crippen LogP contribution < -0.4 is 5.32 Å². The van der Waals surface area contributed by atoms with Crippen LogP contribution in [0.3, 0.4) is 0 Å². The molecule has 1 N–H and O–H groups in total. The van der Waals surface area contributed by atoms with Gasteiger partial charge in [0.05, 0.1) is 6.10 Å². The Balaban J connectivity index is 2.35. The number of ether oxygens (including phenoxy) is 1. The zero-order valence-electron chi connectivity index (χ0n) is 11.3. The van der Waals surface area contributed by atoms with Crippen molar-refractivity contribution in [1.29, 1.82) is 0 Å². The third-order valence-electron chi connectivity index (χ3n) is 3.62. The average molecular weight is 227 g/mol. The van der Waals surface area contributed by atoms with Crippen LogP contribution >= 0.6 is 0 Å². The second kappa shape index (κ2) is 8.08. The Hall–Kier alpha value is -0.0800. The van der Waals surface area contributed by atoms with Crippen LogP contribution in [0.1, 0.15) is 59.3 Å². The van der Waals surface area contributed by atoms with Crippen molar-refractivity contribution in [1.82, 2.24) is 5.32 Å². The summed E-state index contributed by atoms with van der Waals surface area (Å²) in [7, 11) is 0. The molecular weight excluding hydrogens is 198 g/mol. The smallest absolute Gasteiger partial charge is 0.0754 e. The minimum Gasteiger partial charge on any atom is -0.376 e. The second-order valence-electron chi connectivity index (χ2n) is 5.16. The van der Waals surface area contributed by atoms with E-state index in [4.69, 9.17) is 4.74 Å². The molecule has 0 aliphatic carbocycles. The summed E-state index contributed by atoms with van der Waals surface area (Å²) in [6.07, 6.45) is 8.19. The van der Waals surface area contributed by atoms with Crippen LogP contribution in [0.25, 0.3) is 0 Å². The van der Waals surface area contributed by atoms with Gasteiger partial charge in [0.1, 0.15) is 0 Å². The predicted octanol–water partition coefficient (Wildman–Crippen LogP) is 3.36. The fourth-order valence-electron chi connectivity index (χ4n) is 2.56. The fraction of sp³-hybridized carbons (Fsp3) is 1.00. The summed E-state index contributed by atoms with van der Waals surface area (Å²) in [4.78, 5) is 0. The lowest BCUT2D eigenvalue weighted by Crippen LogP contribution is -2.42. The van der Waals surface area contributed by atoms with Gasteiger partial charge in [-0.25, -0.2) is 0 Å². The maximum atomic E-state index is 5.89. The molecule has 1 aliphatic heterocycles. The van der Waals surface area contributed by atoms with E-state index in [2.05, 4.69) is 26.1 Å². The van der Waals surface area contributed by atoms with E-state index in [1.165, 1.54) is 38.5 Å². The number of hydrogen-bond donors (Lipinski definition) is 1. The van der Waals surface area contributed by atoms with Gasteiger partial charge in [0.2, 0.25) is 0 Å². The molecule has 0 radical (unpaired) electrons. The van der Waals surface area contributed by atoms with Gasteiger partial charge in [-0.15, -0.1) is 0 Å². The minimum absolute atomic E-state index is 0.461. The van der Waals surface area contributed by atoms with Crippen molar-refractivity contribution >= 4 is 0 Å². The summed E-state index contributed by atoms with van der Waals surface area (Å²) in [6.45, 7) is 8.92. The zero-order valence-corrected chi connectivity index (χ0v) is 11.3. The standard InChI is InChI=1S/C14H29NO/c1-4-6-7-8-13(15-10-5-2)14-12(3)9-11-16-14/h12-15H,4-11H2,1-3H3. The first-order valence-electron chi connectivity index (χ1n) is 7.14. The lowest BCUT2D eigenvalue weighted by atomic mass is 9.93. The van der Waals surface area contributed by atoms with Crippen LogP contribution in [0.2, 0.25) is 0 Å². The minimum atomic E-state index is 0.461. The molecule has 0 aromatic rings. The Kier molecular flexibility index (Phi) is 7.06. The molecule has 0 amide bonds. The van der Waals surface area contributed by atoms with Gasteiger partial charge in [-0.3, -0.25) is 0 Å². The number of unbranched alkanes of at least 4 members (excludes halogenated alkanes) is 2. The molecule has 0 saturated carbocycles. The van der Waals surface area contributed by atoms with E-state index in [0.29, 0.717) is 12.1 Å². The van der Waals surface area contributed by atoms with E-state index in [1.54, 1.807) is 0 Å². The molecular formula is C14H29NO. The van der Waals surface area contributed by atoms with Gasteiger partial charge in [-0.05, 0) is 31.7 Å². The van der Waals surface area contributed by atoms with Crippen molar-refractivity contribution < 1.29 is 4.74 Å². The molecule has 3 unspecified atom stereocenters. The van der Waals surface area contributed by atoms with E-state index in [0.717, 1.165) is 19.1 Å². The zero-order chi connectivity index (χ0) is 11.8. The molecule has 2 nitrogen and oxygen atoms in total. The highest BCUT2D eigenvalue weighted by Gasteiger charge is 2.31. The molecule has 1 saturated heterocycles. The molecule has 1 heterocycles. The van der Waals surface area contributed by atoms with Gasteiger partial charge < -0.3 is 10.1 Å². The molecule has 1 fully saturated rings. The Bertz CT molecular complexity index is 172. The van der Waals surface area contributed by atoms with Crippen LogP contribution in [-0.4, -0.2) is 25.3 Å². The third kappa shape index (κ3) is 4.42. The summed E-state index contributed by atoms with van der Waals surface area (Å²) >= 11 is 0. The Morgan fingerprint density at radius 2 is 2.06 bits per heavy atom. The lowest BCUT2D eigenvalue weighted by molar-refractivity contribution is 0.0574. The topological polar surface area (TPSA) is 21.3 Å². The summed E-state index contributed by atoms with van der Waals surface area (Å²) in [5.41, 5.74) is 0. The summed E-state index contributed by atoms with van der Waals surface area (Å²) in [5, 5.41) is 3.68. The molecule has 0 spiro atoms. The Morgan fingerprint density at radius 3 is 2.62 bits per heavy atom. The van der Waals surface area contributed by atoms with Crippen molar-refractivity contribution in [2.75, 3.05) is 13.2 Å². The SMILES string of the molecule is CCCCCC(NCCC)C1OCCC1C. The summed E-state index contributed by atoms with van der Waals surface area (Å²) in [5.74, 6) is 0.732. The first-order chi connectivity index (χ1) is 7.79. The van der Waals surface area contributed by atoms with E-state index in [9.17, 15) is 0 Å². The van der Waals surface area contributed by atoms with Gasteiger partial charge in [-0.2, -0.15) is 0 Å². The van der Waals surface area contributed by atoms with Crippen LogP contribution in [0.4, 0.5) is 0 Å². The van der Waals surface area contributed by atoms with E-state index in [-0.39, 0.29) is 0 Å². The van der Waals surface area contributed by atoms with Crippen LogP contribution in [0.15, 0.2) is 0 Å². The Morgan fingerprint density at radius 1 is 1.25 bits per heavy atom. The van der Waals surface area contributed by atoms with Crippen molar-refractivity contribution in [2.45, 2.75) is 71.4 Å². The van der Waals surface area contributed by atoms with Crippen LogP contribution in [0.5, 0.6) is 0 Å². The third-order valence-corrected chi connectivity index (χ3v) is 3.62. The molecule has 16 heavy (non-hydrogen) atoms. The maximum Gasteiger partial charge on any atom is 0.0754 e. The molecule has 1 aliphatic rings. The van der Waals surface area contributed by atoms with Crippen molar-refractivity contribution in [3.63, 3.8) is 0 Å². The molecule has 0 aromatic carbocycles. The highest BCUT2D eigenvalue weighted by atomic mass is 16.5. The molecule has 2 heteroatoms. The van der Waals surface area contributed by atoms with Crippen LogP contribution in [-0.2, 0) is 4.74 Å². The van der Waals surface area contributed by atoms with Crippen molar-refractivity contribution in [3.8, 4) is 0 Å². The molecule has 0 aromatic heterocycles. The van der Waals surface area contributed by atoms with E-state index in [1.807, 2.05) is 0 Å². The number of nitrogens with one attached hydrogen (secondary N) is 1. The highest BCUT2D eigenvalue weighted by molar-refractivity contribution is 4.84. The van der Waals surface area contributed by atoms with Crippen molar-refractivity contribution in [2.24, 2.45) is 5.92 Å². The maximum absolute atomic E-state index is 5.89.